The summed E-state index contributed by atoms with van der Waals surface area (Å²) in [6, 6.07) is 11.8. The minimum Gasteiger partial charge on any atom is -0.378 e. The highest BCUT2D eigenvalue weighted by Crippen LogP contribution is 2.26. The van der Waals surface area contributed by atoms with Crippen molar-refractivity contribution in [3.8, 4) is 0 Å². The normalized spacial score (nSPS) is 14.7. The molecule has 1 fully saturated rings. The molecule has 4 aromatic rings. The zero-order valence-electron chi connectivity index (χ0n) is 14.7. The molecular formula is C19H19N7O. The fourth-order valence-corrected chi connectivity index (χ4v) is 3.30. The van der Waals surface area contributed by atoms with Crippen LogP contribution < -0.4 is 10.2 Å². The van der Waals surface area contributed by atoms with Crippen LogP contribution in [0.2, 0.25) is 0 Å². The van der Waals surface area contributed by atoms with Crippen molar-refractivity contribution in [2.75, 3.05) is 36.5 Å². The molecule has 0 saturated carbocycles. The first kappa shape index (κ1) is 16.0. The number of aromatic nitrogens is 5. The minimum absolute atomic E-state index is 0.574. The summed E-state index contributed by atoms with van der Waals surface area (Å²) in [5.74, 6) is 1.63. The number of hydrogen-bond donors (Lipinski definition) is 1. The summed E-state index contributed by atoms with van der Waals surface area (Å²) in [6.07, 6.45) is 3.55. The molecule has 1 aliphatic heterocycles. The van der Waals surface area contributed by atoms with Crippen molar-refractivity contribution in [3.05, 3.63) is 54.5 Å². The lowest BCUT2D eigenvalue weighted by Gasteiger charge is -2.29. The third-order valence-electron chi connectivity index (χ3n) is 4.67. The van der Waals surface area contributed by atoms with Gasteiger partial charge in [0.05, 0.1) is 42.7 Å². The Hall–Kier alpha value is -3.26. The van der Waals surface area contributed by atoms with Gasteiger partial charge in [0.1, 0.15) is 0 Å². The van der Waals surface area contributed by atoms with Gasteiger partial charge < -0.3 is 15.0 Å². The Bertz CT molecular complexity index is 1090. The van der Waals surface area contributed by atoms with Gasteiger partial charge in [0.15, 0.2) is 17.3 Å². The number of nitrogens with zero attached hydrogens (tertiary/aromatic N) is 6. The highest BCUT2D eigenvalue weighted by Gasteiger charge is 2.18. The van der Waals surface area contributed by atoms with Crippen molar-refractivity contribution >= 4 is 28.3 Å². The Morgan fingerprint density at radius 3 is 2.63 bits per heavy atom. The van der Waals surface area contributed by atoms with Crippen molar-refractivity contribution in [2.24, 2.45) is 0 Å². The maximum Gasteiger partial charge on any atom is 0.172 e. The average molecular weight is 361 g/mol. The molecule has 0 bridgehead atoms. The summed E-state index contributed by atoms with van der Waals surface area (Å²) in [4.78, 5) is 16.2. The van der Waals surface area contributed by atoms with Crippen molar-refractivity contribution in [1.29, 1.82) is 0 Å². The number of benzene rings is 1. The molecule has 136 valence electrons. The third kappa shape index (κ3) is 3.04. The summed E-state index contributed by atoms with van der Waals surface area (Å²) in [6.45, 7) is 3.59. The van der Waals surface area contributed by atoms with E-state index < -0.39 is 0 Å². The number of hydrogen-bond acceptors (Lipinski definition) is 7. The first-order chi connectivity index (χ1) is 13.4. The van der Waals surface area contributed by atoms with Gasteiger partial charge in [0, 0.05) is 25.4 Å². The number of rotatable bonds is 4. The zero-order valence-corrected chi connectivity index (χ0v) is 14.7. The van der Waals surface area contributed by atoms with Gasteiger partial charge in [0.25, 0.3) is 0 Å². The van der Waals surface area contributed by atoms with E-state index in [4.69, 9.17) is 14.7 Å². The van der Waals surface area contributed by atoms with Gasteiger partial charge in [-0.25, -0.2) is 19.5 Å². The topological polar surface area (TPSA) is 80.5 Å². The molecule has 27 heavy (non-hydrogen) atoms. The molecule has 0 unspecified atom stereocenters. The molecule has 0 radical (unpaired) electrons. The van der Waals surface area contributed by atoms with Crippen LogP contribution in [0.3, 0.4) is 0 Å². The van der Waals surface area contributed by atoms with E-state index in [0.29, 0.717) is 19.8 Å². The molecule has 1 aromatic carbocycles. The second-order valence-electron chi connectivity index (χ2n) is 6.37. The largest absolute Gasteiger partial charge is 0.378 e. The van der Waals surface area contributed by atoms with Gasteiger partial charge >= 0.3 is 0 Å². The van der Waals surface area contributed by atoms with E-state index in [2.05, 4.69) is 20.3 Å². The SMILES string of the molecule is c1ccc2nc(N3CCOCC3)c(NCc3ccnc4ccnn34)nc2c1. The van der Waals surface area contributed by atoms with Crippen LogP contribution in [-0.4, -0.2) is 50.9 Å². The Morgan fingerprint density at radius 1 is 0.963 bits per heavy atom. The monoisotopic (exact) mass is 361 g/mol. The van der Waals surface area contributed by atoms with E-state index >= 15 is 0 Å². The smallest absolute Gasteiger partial charge is 0.172 e. The quantitative estimate of drug-likeness (QED) is 0.596. The Balaban J connectivity index is 1.51. The summed E-state index contributed by atoms with van der Waals surface area (Å²) >= 11 is 0. The van der Waals surface area contributed by atoms with E-state index in [1.165, 1.54) is 0 Å². The fraction of sp³-hybridized carbons (Fsp3) is 0.263. The summed E-state index contributed by atoms with van der Waals surface area (Å²) in [5, 5.41) is 7.80. The first-order valence-corrected chi connectivity index (χ1v) is 8.99. The minimum atomic E-state index is 0.574. The standard InChI is InChI=1S/C19H19N7O/c1-2-4-16-15(3-1)23-18(19(24-16)25-9-11-27-12-10-25)21-13-14-5-7-20-17-6-8-22-26(14)17/h1-8H,9-13H2,(H,21,23). The molecule has 0 atom stereocenters. The van der Waals surface area contributed by atoms with Gasteiger partial charge in [-0.05, 0) is 18.2 Å². The predicted molar refractivity (Wildman–Crippen MR) is 103 cm³/mol. The molecule has 1 aliphatic rings. The number of fused-ring (bicyclic) bond motifs is 2. The number of anilines is 2. The molecule has 8 heteroatoms. The van der Waals surface area contributed by atoms with E-state index in [9.17, 15) is 0 Å². The highest BCUT2D eigenvalue weighted by atomic mass is 16.5. The van der Waals surface area contributed by atoms with Crippen LogP contribution >= 0.6 is 0 Å². The molecule has 0 spiro atoms. The lowest BCUT2D eigenvalue weighted by molar-refractivity contribution is 0.122. The summed E-state index contributed by atoms with van der Waals surface area (Å²) < 4.78 is 7.32. The molecule has 8 nitrogen and oxygen atoms in total. The Kier molecular flexibility index (Phi) is 4.02. The lowest BCUT2D eigenvalue weighted by atomic mass is 10.3. The fourth-order valence-electron chi connectivity index (χ4n) is 3.30. The second kappa shape index (κ2) is 6.81. The summed E-state index contributed by atoms with van der Waals surface area (Å²) in [7, 11) is 0. The van der Waals surface area contributed by atoms with E-state index in [1.54, 1.807) is 12.4 Å². The highest BCUT2D eigenvalue weighted by molar-refractivity contribution is 5.80. The molecule has 1 N–H and O–H groups in total. The predicted octanol–water partition coefficient (Wildman–Crippen LogP) is 2.12. The van der Waals surface area contributed by atoms with E-state index in [1.807, 2.05) is 40.9 Å². The maximum atomic E-state index is 5.49. The number of ether oxygens (including phenoxy) is 1. The Morgan fingerprint density at radius 2 is 1.78 bits per heavy atom. The van der Waals surface area contributed by atoms with Crippen LogP contribution in [0.1, 0.15) is 5.69 Å². The van der Waals surface area contributed by atoms with Crippen LogP contribution in [-0.2, 0) is 11.3 Å². The first-order valence-electron chi connectivity index (χ1n) is 8.99. The van der Waals surface area contributed by atoms with Crippen LogP contribution in [0.15, 0.2) is 48.8 Å². The van der Waals surface area contributed by atoms with E-state index in [0.717, 1.165) is 47.1 Å². The molecule has 4 heterocycles. The van der Waals surface area contributed by atoms with Gasteiger partial charge in [-0.3, -0.25) is 0 Å². The average Bonchev–Trinajstić information content (AvgIpc) is 3.22. The molecule has 5 rings (SSSR count). The van der Waals surface area contributed by atoms with Crippen molar-refractivity contribution in [3.63, 3.8) is 0 Å². The van der Waals surface area contributed by atoms with Crippen LogP contribution in [0.5, 0.6) is 0 Å². The van der Waals surface area contributed by atoms with Crippen LogP contribution in [0.4, 0.5) is 11.6 Å². The van der Waals surface area contributed by atoms with Crippen molar-refractivity contribution in [1.82, 2.24) is 24.6 Å². The van der Waals surface area contributed by atoms with Gasteiger partial charge in [-0.2, -0.15) is 5.10 Å². The number of para-hydroxylation sites is 2. The van der Waals surface area contributed by atoms with E-state index in [-0.39, 0.29) is 0 Å². The zero-order chi connectivity index (χ0) is 18.1. The molecule has 0 amide bonds. The van der Waals surface area contributed by atoms with Gasteiger partial charge in [0.2, 0.25) is 0 Å². The second-order valence-corrected chi connectivity index (χ2v) is 6.37. The molecular weight excluding hydrogens is 342 g/mol. The number of morpholine rings is 1. The lowest BCUT2D eigenvalue weighted by Crippen LogP contribution is -2.37. The number of nitrogens with one attached hydrogen (secondary N) is 1. The van der Waals surface area contributed by atoms with Crippen molar-refractivity contribution < 1.29 is 4.74 Å². The van der Waals surface area contributed by atoms with Crippen molar-refractivity contribution in [2.45, 2.75) is 6.54 Å². The Labute approximate surface area is 155 Å². The summed E-state index contributed by atoms with van der Waals surface area (Å²) in [5.41, 5.74) is 3.60. The van der Waals surface area contributed by atoms with Gasteiger partial charge in [-0.1, -0.05) is 12.1 Å². The third-order valence-corrected chi connectivity index (χ3v) is 4.67. The van der Waals surface area contributed by atoms with Crippen LogP contribution in [0.25, 0.3) is 16.7 Å². The molecule has 3 aromatic heterocycles. The van der Waals surface area contributed by atoms with Gasteiger partial charge in [-0.15, -0.1) is 0 Å². The van der Waals surface area contributed by atoms with Crippen LogP contribution in [0, 0.1) is 0 Å². The molecule has 1 saturated heterocycles. The molecule has 0 aliphatic carbocycles. The maximum absolute atomic E-state index is 5.49.